The molecule has 0 amide bonds. The van der Waals surface area contributed by atoms with E-state index >= 15 is 0 Å². The van der Waals surface area contributed by atoms with Crippen LogP contribution in [0.15, 0.2) is 22.8 Å². The van der Waals surface area contributed by atoms with Gasteiger partial charge in [0.1, 0.15) is 5.76 Å². The molecular weight excluding hydrogens is 218 g/mol. The summed E-state index contributed by atoms with van der Waals surface area (Å²) in [6.07, 6.45) is 3.94. The van der Waals surface area contributed by atoms with E-state index in [1.807, 2.05) is 26.0 Å². The van der Waals surface area contributed by atoms with Crippen LogP contribution in [0.2, 0.25) is 0 Å². The average Bonchev–Trinajstić information content (AvgIpc) is 2.96. The predicted octanol–water partition coefficient (Wildman–Crippen LogP) is 2.20. The Hall–Kier alpha value is -1.29. The Kier molecular flexibility index (Phi) is 3.84. The van der Waals surface area contributed by atoms with Gasteiger partial charge in [0.05, 0.1) is 25.5 Å². The van der Waals surface area contributed by atoms with Gasteiger partial charge in [-0.15, -0.1) is 0 Å². The van der Waals surface area contributed by atoms with Gasteiger partial charge < -0.3 is 9.15 Å². The van der Waals surface area contributed by atoms with Crippen molar-refractivity contribution in [3.05, 3.63) is 24.2 Å². The summed E-state index contributed by atoms with van der Waals surface area (Å²) in [6, 6.07) is 4.32. The number of rotatable bonds is 6. The highest BCUT2D eigenvalue weighted by Gasteiger charge is 2.31. The first-order chi connectivity index (χ1) is 8.15. The average molecular weight is 237 g/mol. The van der Waals surface area contributed by atoms with Crippen molar-refractivity contribution >= 4 is 5.97 Å². The Morgan fingerprint density at radius 2 is 2.35 bits per heavy atom. The highest BCUT2D eigenvalue weighted by Crippen LogP contribution is 2.28. The highest BCUT2D eigenvalue weighted by molar-refractivity contribution is 5.71. The second-order valence-corrected chi connectivity index (χ2v) is 4.75. The fourth-order valence-corrected chi connectivity index (χ4v) is 1.82. The summed E-state index contributed by atoms with van der Waals surface area (Å²) in [7, 11) is 0. The molecule has 0 bridgehead atoms. The molecule has 4 nitrogen and oxygen atoms in total. The van der Waals surface area contributed by atoms with Crippen molar-refractivity contribution in [3.8, 4) is 0 Å². The third-order valence-electron chi connectivity index (χ3n) is 2.70. The molecule has 2 rings (SSSR count). The van der Waals surface area contributed by atoms with Gasteiger partial charge in [0, 0.05) is 6.04 Å². The molecule has 0 aromatic carbocycles. The first-order valence-corrected chi connectivity index (χ1v) is 6.11. The smallest absolute Gasteiger partial charge is 0.320 e. The molecule has 0 atom stereocenters. The van der Waals surface area contributed by atoms with Crippen LogP contribution in [0, 0.1) is 0 Å². The SMILES string of the molecule is CC(C)OC(=O)CN(Cc1ccco1)C1CC1. The highest BCUT2D eigenvalue weighted by atomic mass is 16.5. The zero-order chi connectivity index (χ0) is 12.3. The molecular formula is C13H19NO3. The van der Waals surface area contributed by atoms with Gasteiger partial charge in [-0.3, -0.25) is 9.69 Å². The number of hydrogen-bond acceptors (Lipinski definition) is 4. The van der Waals surface area contributed by atoms with Gasteiger partial charge in [0.15, 0.2) is 0 Å². The van der Waals surface area contributed by atoms with Crippen molar-refractivity contribution in [2.45, 2.75) is 45.4 Å². The molecule has 0 N–H and O–H groups in total. The van der Waals surface area contributed by atoms with Gasteiger partial charge in [0.2, 0.25) is 0 Å². The van der Waals surface area contributed by atoms with Crippen LogP contribution in [0.1, 0.15) is 32.4 Å². The first kappa shape index (κ1) is 12.2. The van der Waals surface area contributed by atoms with Crippen molar-refractivity contribution in [2.75, 3.05) is 6.54 Å². The lowest BCUT2D eigenvalue weighted by Crippen LogP contribution is -2.33. The first-order valence-electron chi connectivity index (χ1n) is 6.11. The monoisotopic (exact) mass is 237 g/mol. The number of carbonyl (C=O) groups excluding carboxylic acids is 1. The van der Waals surface area contributed by atoms with E-state index in [4.69, 9.17) is 9.15 Å². The largest absolute Gasteiger partial charge is 0.468 e. The summed E-state index contributed by atoms with van der Waals surface area (Å²) in [4.78, 5) is 13.8. The van der Waals surface area contributed by atoms with E-state index < -0.39 is 0 Å². The van der Waals surface area contributed by atoms with E-state index in [2.05, 4.69) is 4.90 Å². The van der Waals surface area contributed by atoms with Gasteiger partial charge in [-0.25, -0.2) is 0 Å². The molecule has 17 heavy (non-hydrogen) atoms. The minimum absolute atomic E-state index is 0.0489. The summed E-state index contributed by atoms with van der Waals surface area (Å²) in [5, 5.41) is 0. The minimum atomic E-state index is -0.154. The van der Waals surface area contributed by atoms with Crippen LogP contribution < -0.4 is 0 Å². The third kappa shape index (κ3) is 3.89. The van der Waals surface area contributed by atoms with E-state index in [0.29, 0.717) is 19.1 Å². The number of hydrogen-bond donors (Lipinski definition) is 0. The molecule has 1 aliphatic carbocycles. The summed E-state index contributed by atoms with van der Waals surface area (Å²) in [6.45, 7) is 4.77. The topological polar surface area (TPSA) is 42.7 Å². The van der Waals surface area contributed by atoms with Crippen LogP contribution in [0.3, 0.4) is 0 Å². The van der Waals surface area contributed by atoms with E-state index in [0.717, 1.165) is 18.6 Å². The number of nitrogens with zero attached hydrogens (tertiary/aromatic N) is 1. The van der Waals surface area contributed by atoms with E-state index in [1.54, 1.807) is 6.26 Å². The molecule has 0 saturated heterocycles. The zero-order valence-electron chi connectivity index (χ0n) is 10.4. The van der Waals surface area contributed by atoms with Gasteiger partial charge in [-0.1, -0.05) is 0 Å². The molecule has 1 fully saturated rings. The maximum absolute atomic E-state index is 11.6. The summed E-state index contributed by atoms with van der Waals surface area (Å²) in [5.41, 5.74) is 0. The molecule has 1 aromatic heterocycles. The minimum Gasteiger partial charge on any atom is -0.468 e. The van der Waals surface area contributed by atoms with Gasteiger partial charge in [-0.2, -0.15) is 0 Å². The van der Waals surface area contributed by atoms with Crippen molar-refractivity contribution in [1.29, 1.82) is 0 Å². The van der Waals surface area contributed by atoms with Crippen LogP contribution in [0.25, 0.3) is 0 Å². The van der Waals surface area contributed by atoms with Gasteiger partial charge >= 0.3 is 5.97 Å². The second-order valence-electron chi connectivity index (χ2n) is 4.75. The van der Waals surface area contributed by atoms with Crippen LogP contribution >= 0.6 is 0 Å². The van der Waals surface area contributed by atoms with Crippen LogP contribution in [-0.4, -0.2) is 29.6 Å². The standard InChI is InChI=1S/C13H19NO3/c1-10(2)17-13(15)9-14(11-5-6-11)8-12-4-3-7-16-12/h3-4,7,10-11H,5-6,8-9H2,1-2H3. The molecule has 0 aliphatic heterocycles. The summed E-state index contributed by atoms with van der Waals surface area (Å²) < 4.78 is 10.5. The van der Waals surface area contributed by atoms with Crippen LogP contribution in [0.5, 0.6) is 0 Å². The van der Waals surface area contributed by atoms with Gasteiger partial charge in [-0.05, 0) is 38.8 Å². The van der Waals surface area contributed by atoms with Crippen molar-refractivity contribution in [3.63, 3.8) is 0 Å². The van der Waals surface area contributed by atoms with E-state index in [-0.39, 0.29) is 12.1 Å². The quantitative estimate of drug-likeness (QED) is 0.711. The molecule has 1 heterocycles. The molecule has 0 unspecified atom stereocenters. The maximum atomic E-state index is 11.6. The lowest BCUT2D eigenvalue weighted by molar-refractivity contribution is -0.149. The third-order valence-corrected chi connectivity index (χ3v) is 2.70. The summed E-state index contributed by atoms with van der Waals surface area (Å²) >= 11 is 0. The van der Waals surface area contributed by atoms with E-state index in [1.165, 1.54) is 0 Å². The molecule has 94 valence electrons. The van der Waals surface area contributed by atoms with Crippen LogP contribution in [-0.2, 0) is 16.1 Å². The van der Waals surface area contributed by atoms with E-state index in [9.17, 15) is 4.79 Å². The maximum Gasteiger partial charge on any atom is 0.320 e. The van der Waals surface area contributed by atoms with Crippen molar-refractivity contribution in [2.24, 2.45) is 0 Å². The fraction of sp³-hybridized carbons (Fsp3) is 0.615. The normalized spacial score (nSPS) is 15.5. The predicted molar refractivity (Wildman–Crippen MR) is 63.4 cm³/mol. The fourth-order valence-electron chi connectivity index (χ4n) is 1.82. The number of ether oxygens (including phenoxy) is 1. The Labute approximate surface area is 102 Å². The van der Waals surface area contributed by atoms with Gasteiger partial charge in [0.25, 0.3) is 0 Å². The Morgan fingerprint density at radius 1 is 1.59 bits per heavy atom. The molecule has 4 heteroatoms. The molecule has 1 aromatic rings. The number of esters is 1. The van der Waals surface area contributed by atoms with Crippen molar-refractivity contribution in [1.82, 2.24) is 4.90 Å². The molecule has 0 radical (unpaired) electrons. The summed E-state index contributed by atoms with van der Waals surface area (Å²) in [5.74, 6) is 0.743. The molecule has 1 aliphatic rings. The lowest BCUT2D eigenvalue weighted by atomic mass is 10.3. The Bertz CT molecular complexity index is 355. The zero-order valence-corrected chi connectivity index (χ0v) is 10.4. The molecule has 1 saturated carbocycles. The second kappa shape index (κ2) is 5.36. The number of furan rings is 1. The lowest BCUT2D eigenvalue weighted by Gasteiger charge is -2.20. The Balaban J connectivity index is 1.87. The van der Waals surface area contributed by atoms with Crippen LogP contribution in [0.4, 0.5) is 0 Å². The van der Waals surface area contributed by atoms with Crippen molar-refractivity contribution < 1.29 is 13.9 Å². The Morgan fingerprint density at radius 3 is 2.88 bits per heavy atom. The number of carbonyl (C=O) groups is 1. The molecule has 0 spiro atoms.